The van der Waals surface area contributed by atoms with Crippen molar-refractivity contribution in [3.05, 3.63) is 30.3 Å². The molecule has 0 saturated carbocycles. The van der Waals surface area contributed by atoms with Gasteiger partial charge >= 0.3 is 0 Å². The Labute approximate surface area is 127 Å². The van der Waals surface area contributed by atoms with Crippen molar-refractivity contribution in [2.24, 2.45) is 5.92 Å². The van der Waals surface area contributed by atoms with Gasteiger partial charge in [0.25, 0.3) is 5.91 Å². The quantitative estimate of drug-likeness (QED) is 0.904. The number of carbonyl (C=O) groups excluding carboxylic acids is 1. The molecule has 0 aromatic heterocycles. The van der Waals surface area contributed by atoms with E-state index in [1.807, 2.05) is 35.2 Å². The first-order chi connectivity index (χ1) is 10.1. The van der Waals surface area contributed by atoms with Crippen LogP contribution in [0.3, 0.4) is 0 Å². The fraction of sp³-hybridized carbons (Fsp3) is 0.588. The van der Waals surface area contributed by atoms with Gasteiger partial charge in [0.05, 0.1) is 0 Å². The van der Waals surface area contributed by atoms with E-state index in [0.717, 1.165) is 25.3 Å². The average Bonchev–Trinajstić information content (AvgIpc) is 2.47. The Hall–Kier alpha value is -1.55. The molecule has 1 aliphatic rings. The number of ether oxygens (including phenoxy) is 1. The maximum Gasteiger partial charge on any atom is 0.260 e. The van der Waals surface area contributed by atoms with Crippen molar-refractivity contribution in [1.82, 2.24) is 10.2 Å². The number of para-hydroxylation sites is 1. The predicted molar refractivity (Wildman–Crippen MR) is 84.4 cm³/mol. The maximum atomic E-state index is 12.4. The Kier molecular flexibility index (Phi) is 5.62. The van der Waals surface area contributed by atoms with Gasteiger partial charge in [-0.3, -0.25) is 4.79 Å². The van der Waals surface area contributed by atoms with Crippen molar-refractivity contribution in [3.63, 3.8) is 0 Å². The summed E-state index contributed by atoms with van der Waals surface area (Å²) in [7, 11) is 0. The van der Waals surface area contributed by atoms with Crippen LogP contribution in [-0.2, 0) is 4.79 Å². The zero-order valence-electron chi connectivity index (χ0n) is 13.2. The molecule has 1 fully saturated rings. The van der Waals surface area contributed by atoms with Crippen LogP contribution in [0.25, 0.3) is 0 Å². The van der Waals surface area contributed by atoms with Crippen LogP contribution in [0.4, 0.5) is 0 Å². The van der Waals surface area contributed by atoms with Gasteiger partial charge in [-0.15, -0.1) is 0 Å². The molecule has 1 aromatic carbocycles. The van der Waals surface area contributed by atoms with Crippen LogP contribution in [-0.4, -0.2) is 42.6 Å². The summed E-state index contributed by atoms with van der Waals surface area (Å²) in [6.45, 7) is 8.25. The van der Waals surface area contributed by atoms with Gasteiger partial charge < -0.3 is 15.0 Å². The lowest BCUT2D eigenvalue weighted by Gasteiger charge is -2.39. The Bertz CT molecular complexity index is 447. The second kappa shape index (κ2) is 7.46. The van der Waals surface area contributed by atoms with Gasteiger partial charge in [0.15, 0.2) is 6.61 Å². The summed E-state index contributed by atoms with van der Waals surface area (Å²) in [5, 5.41) is 3.52. The first-order valence-electron chi connectivity index (χ1n) is 7.77. The van der Waals surface area contributed by atoms with Gasteiger partial charge in [-0.25, -0.2) is 0 Å². The molecule has 1 saturated heterocycles. The number of hydrogen-bond donors (Lipinski definition) is 1. The Morgan fingerprint density at radius 3 is 2.76 bits per heavy atom. The molecule has 4 heteroatoms. The van der Waals surface area contributed by atoms with Gasteiger partial charge in [0, 0.05) is 25.2 Å². The van der Waals surface area contributed by atoms with Crippen LogP contribution in [0, 0.1) is 5.92 Å². The van der Waals surface area contributed by atoms with Crippen molar-refractivity contribution in [2.75, 3.05) is 19.7 Å². The third-order valence-corrected chi connectivity index (χ3v) is 3.83. The third kappa shape index (κ3) is 4.74. The standard InChI is InChI=1S/C17H26N2O2/c1-13(2)9-15-11-19(14(3)10-18-15)17(20)12-21-16-7-5-4-6-8-16/h4-8,13-15,18H,9-12H2,1-3H3. The van der Waals surface area contributed by atoms with Crippen LogP contribution in [0.15, 0.2) is 30.3 Å². The molecular formula is C17H26N2O2. The molecule has 4 nitrogen and oxygen atoms in total. The van der Waals surface area contributed by atoms with E-state index in [1.165, 1.54) is 0 Å². The number of piperazine rings is 1. The molecule has 1 heterocycles. The Morgan fingerprint density at radius 2 is 2.10 bits per heavy atom. The number of nitrogens with one attached hydrogen (secondary N) is 1. The Balaban J connectivity index is 1.87. The second-order valence-electron chi connectivity index (χ2n) is 6.23. The highest BCUT2D eigenvalue weighted by molar-refractivity contribution is 5.78. The first kappa shape index (κ1) is 15.8. The molecule has 2 atom stereocenters. The van der Waals surface area contributed by atoms with E-state index in [-0.39, 0.29) is 18.6 Å². The summed E-state index contributed by atoms with van der Waals surface area (Å²) >= 11 is 0. The predicted octanol–water partition coefficient (Wildman–Crippen LogP) is 2.30. The highest BCUT2D eigenvalue weighted by atomic mass is 16.5. The van der Waals surface area contributed by atoms with E-state index < -0.39 is 0 Å². The van der Waals surface area contributed by atoms with Gasteiger partial charge in [0.2, 0.25) is 0 Å². The molecule has 1 amide bonds. The number of amides is 1. The number of benzene rings is 1. The van der Waals surface area contributed by atoms with E-state index in [2.05, 4.69) is 26.1 Å². The van der Waals surface area contributed by atoms with Gasteiger partial charge in [-0.1, -0.05) is 32.0 Å². The molecule has 2 unspecified atom stereocenters. The minimum atomic E-state index is 0.0709. The molecule has 0 spiro atoms. The third-order valence-electron chi connectivity index (χ3n) is 3.83. The minimum absolute atomic E-state index is 0.0709. The Morgan fingerprint density at radius 1 is 1.38 bits per heavy atom. The topological polar surface area (TPSA) is 41.6 Å². The SMILES string of the molecule is CC(C)CC1CN(C(=O)COc2ccccc2)C(C)CN1. The van der Waals surface area contributed by atoms with Crippen LogP contribution in [0.5, 0.6) is 5.75 Å². The zero-order chi connectivity index (χ0) is 15.2. The summed E-state index contributed by atoms with van der Waals surface area (Å²) < 4.78 is 5.57. The number of rotatable bonds is 5. The number of nitrogens with zero attached hydrogens (tertiary/aromatic N) is 1. The largest absolute Gasteiger partial charge is 0.484 e. The summed E-state index contributed by atoms with van der Waals surface area (Å²) in [5.41, 5.74) is 0. The van der Waals surface area contributed by atoms with E-state index in [0.29, 0.717) is 12.0 Å². The first-order valence-corrected chi connectivity index (χ1v) is 7.77. The molecular weight excluding hydrogens is 264 g/mol. The van der Waals surface area contributed by atoms with Crippen LogP contribution in [0.1, 0.15) is 27.2 Å². The van der Waals surface area contributed by atoms with Gasteiger partial charge in [-0.05, 0) is 31.4 Å². The van der Waals surface area contributed by atoms with Crippen molar-refractivity contribution in [2.45, 2.75) is 39.3 Å². The molecule has 1 N–H and O–H groups in total. The monoisotopic (exact) mass is 290 g/mol. The minimum Gasteiger partial charge on any atom is -0.484 e. The molecule has 1 aliphatic heterocycles. The van der Waals surface area contributed by atoms with Crippen molar-refractivity contribution >= 4 is 5.91 Å². The zero-order valence-corrected chi connectivity index (χ0v) is 13.2. The van der Waals surface area contributed by atoms with Gasteiger partial charge in [0.1, 0.15) is 5.75 Å². The summed E-state index contributed by atoms with van der Waals surface area (Å²) in [4.78, 5) is 14.3. The lowest BCUT2D eigenvalue weighted by Crippen LogP contribution is -2.58. The molecule has 2 rings (SSSR count). The lowest BCUT2D eigenvalue weighted by atomic mass is 10.00. The molecule has 116 valence electrons. The summed E-state index contributed by atoms with van der Waals surface area (Å²) in [5.74, 6) is 1.45. The molecule has 0 aliphatic carbocycles. The molecule has 0 radical (unpaired) electrons. The van der Waals surface area contributed by atoms with Crippen molar-refractivity contribution in [3.8, 4) is 5.75 Å². The summed E-state index contributed by atoms with van der Waals surface area (Å²) in [6.07, 6.45) is 1.09. The number of hydrogen-bond acceptors (Lipinski definition) is 3. The molecule has 0 bridgehead atoms. The maximum absolute atomic E-state index is 12.4. The highest BCUT2D eigenvalue weighted by Crippen LogP contribution is 2.14. The van der Waals surface area contributed by atoms with E-state index in [4.69, 9.17) is 4.74 Å². The molecule has 21 heavy (non-hydrogen) atoms. The fourth-order valence-electron chi connectivity index (χ4n) is 2.75. The highest BCUT2D eigenvalue weighted by Gasteiger charge is 2.28. The number of carbonyl (C=O) groups is 1. The van der Waals surface area contributed by atoms with Crippen LogP contribution >= 0.6 is 0 Å². The second-order valence-corrected chi connectivity index (χ2v) is 6.23. The van der Waals surface area contributed by atoms with E-state index in [1.54, 1.807) is 0 Å². The van der Waals surface area contributed by atoms with Crippen LogP contribution < -0.4 is 10.1 Å². The average molecular weight is 290 g/mol. The van der Waals surface area contributed by atoms with Crippen molar-refractivity contribution < 1.29 is 9.53 Å². The normalized spacial score (nSPS) is 22.4. The van der Waals surface area contributed by atoms with Crippen LogP contribution in [0.2, 0.25) is 0 Å². The van der Waals surface area contributed by atoms with Gasteiger partial charge in [-0.2, -0.15) is 0 Å². The van der Waals surface area contributed by atoms with Crippen molar-refractivity contribution in [1.29, 1.82) is 0 Å². The summed E-state index contributed by atoms with van der Waals surface area (Å²) in [6, 6.07) is 10.1. The fourth-order valence-corrected chi connectivity index (χ4v) is 2.75. The lowest BCUT2D eigenvalue weighted by molar-refractivity contribution is -0.137. The molecule has 1 aromatic rings. The van der Waals surface area contributed by atoms with E-state index in [9.17, 15) is 4.79 Å². The van der Waals surface area contributed by atoms with E-state index >= 15 is 0 Å². The smallest absolute Gasteiger partial charge is 0.260 e.